The first-order valence-electron chi connectivity index (χ1n) is 10.1. The van der Waals surface area contributed by atoms with E-state index < -0.39 is 10.0 Å². The highest BCUT2D eigenvalue weighted by Crippen LogP contribution is 2.32. The quantitative estimate of drug-likeness (QED) is 0.587. The Bertz CT molecular complexity index is 1230. The molecule has 3 aromatic rings. The van der Waals surface area contributed by atoms with Gasteiger partial charge in [0.15, 0.2) is 5.82 Å². The number of sulfonamides is 1. The minimum atomic E-state index is -3.79. The molecule has 0 radical (unpaired) electrons. The zero-order valence-corrected chi connectivity index (χ0v) is 19.0. The Morgan fingerprint density at radius 3 is 2.50 bits per heavy atom. The molecule has 0 bridgehead atoms. The fourth-order valence-corrected chi connectivity index (χ4v) is 4.45. The molecule has 32 heavy (non-hydrogen) atoms. The van der Waals surface area contributed by atoms with Crippen LogP contribution in [0.25, 0.3) is 0 Å². The molecule has 2 heterocycles. The van der Waals surface area contributed by atoms with E-state index in [2.05, 4.69) is 15.5 Å². The van der Waals surface area contributed by atoms with E-state index in [1.807, 2.05) is 35.8 Å². The number of carbonyl (C=O) groups is 1. The molecule has 1 saturated heterocycles. The van der Waals surface area contributed by atoms with Crippen molar-refractivity contribution in [2.75, 3.05) is 11.9 Å². The van der Waals surface area contributed by atoms with Crippen molar-refractivity contribution >= 4 is 33.3 Å². The summed E-state index contributed by atoms with van der Waals surface area (Å²) in [6, 6.07) is 12.8. The number of nitrogens with two attached hydrogens (primary N) is 1. The predicted octanol–water partition coefficient (Wildman–Crippen LogP) is 3.30. The lowest BCUT2D eigenvalue weighted by molar-refractivity contribution is 0.204. The van der Waals surface area contributed by atoms with Crippen molar-refractivity contribution in [1.29, 1.82) is 0 Å². The van der Waals surface area contributed by atoms with Crippen LogP contribution in [0.5, 0.6) is 0 Å². The van der Waals surface area contributed by atoms with E-state index in [4.69, 9.17) is 16.7 Å². The molecule has 1 aromatic heterocycles. The minimum Gasteiger partial charge on any atom is -0.314 e. The van der Waals surface area contributed by atoms with E-state index in [9.17, 15) is 13.2 Å². The number of rotatable bonds is 5. The molecule has 2 amide bonds. The fraction of sp³-hybridized carbons (Fsp3) is 0.286. The predicted molar refractivity (Wildman–Crippen MR) is 121 cm³/mol. The van der Waals surface area contributed by atoms with Crippen molar-refractivity contribution in [3.63, 3.8) is 0 Å². The zero-order valence-electron chi connectivity index (χ0n) is 17.4. The molecule has 0 aliphatic carbocycles. The van der Waals surface area contributed by atoms with Crippen molar-refractivity contribution in [2.24, 2.45) is 5.14 Å². The zero-order chi connectivity index (χ0) is 22.9. The van der Waals surface area contributed by atoms with Gasteiger partial charge in [-0.1, -0.05) is 23.7 Å². The average Bonchev–Trinajstić information content (AvgIpc) is 3.36. The second-order valence-electron chi connectivity index (χ2n) is 7.67. The van der Waals surface area contributed by atoms with Crippen molar-refractivity contribution in [3.05, 3.63) is 70.8 Å². The lowest BCUT2D eigenvalue weighted by atomic mass is 10.2. The second kappa shape index (κ2) is 8.89. The second-order valence-corrected chi connectivity index (χ2v) is 9.67. The third-order valence-electron chi connectivity index (χ3n) is 5.46. The highest BCUT2D eigenvalue weighted by molar-refractivity contribution is 7.89. The molecule has 1 atom stereocenters. The number of halogens is 1. The molecule has 0 spiro atoms. The van der Waals surface area contributed by atoms with Crippen LogP contribution in [0, 0.1) is 6.92 Å². The van der Waals surface area contributed by atoms with Gasteiger partial charge in [0.05, 0.1) is 17.5 Å². The summed E-state index contributed by atoms with van der Waals surface area (Å²) in [5.41, 5.74) is 1.54. The van der Waals surface area contributed by atoms with Crippen LogP contribution in [0.2, 0.25) is 5.02 Å². The molecule has 0 unspecified atom stereocenters. The number of nitrogens with one attached hydrogen (secondary N) is 1. The van der Waals surface area contributed by atoms with E-state index in [1.165, 1.54) is 24.3 Å². The largest absolute Gasteiger partial charge is 0.322 e. The van der Waals surface area contributed by atoms with Crippen molar-refractivity contribution in [1.82, 2.24) is 19.7 Å². The maximum Gasteiger partial charge on any atom is 0.322 e. The number of hydrogen-bond donors (Lipinski definition) is 2. The third-order valence-corrected chi connectivity index (χ3v) is 6.65. The van der Waals surface area contributed by atoms with Crippen LogP contribution in [0.3, 0.4) is 0 Å². The summed E-state index contributed by atoms with van der Waals surface area (Å²) in [7, 11) is -3.79. The van der Waals surface area contributed by atoms with E-state index in [0.29, 0.717) is 23.8 Å². The van der Waals surface area contributed by atoms with Crippen LogP contribution in [0.1, 0.15) is 36.1 Å². The number of anilines is 1. The molecule has 4 rings (SSSR count). The smallest absolute Gasteiger partial charge is 0.314 e. The summed E-state index contributed by atoms with van der Waals surface area (Å²) < 4.78 is 24.8. The number of urea groups is 1. The number of amides is 2. The Morgan fingerprint density at radius 1 is 1.16 bits per heavy atom. The van der Waals surface area contributed by atoms with Gasteiger partial charge in [0.1, 0.15) is 5.82 Å². The molecular formula is C21H23ClN6O3S. The molecule has 1 fully saturated rings. The lowest BCUT2D eigenvalue weighted by Gasteiger charge is -2.25. The summed E-state index contributed by atoms with van der Waals surface area (Å²) in [5.74, 6) is 1.50. The van der Waals surface area contributed by atoms with E-state index >= 15 is 0 Å². The Labute approximate surface area is 191 Å². The maximum atomic E-state index is 13.0. The first-order valence-corrected chi connectivity index (χ1v) is 12.0. The number of aromatic nitrogens is 3. The van der Waals surface area contributed by atoms with E-state index in [1.54, 1.807) is 4.90 Å². The van der Waals surface area contributed by atoms with Crippen LogP contribution in [0.4, 0.5) is 10.5 Å². The average molecular weight is 475 g/mol. The number of benzene rings is 2. The van der Waals surface area contributed by atoms with Gasteiger partial charge in [-0.3, -0.25) is 0 Å². The summed E-state index contributed by atoms with van der Waals surface area (Å²) >= 11 is 5.99. The summed E-state index contributed by atoms with van der Waals surface area (Å²) in [6.45, 7) is 3.05. The topological polar surface area (TPSA) is 123 Å². The monoisotopic (exact) mass is 474 g/mol. The van der Waals surface area contributed by atoms with Gasteiger partial charge >= 0.3 is 6.03 Å². The normalized spacial score (nSPS) is 16.3. The van der Waals surface area contributed by atoms with Gasteiger partial charge in [0, 0.05) is 17.3 Å². The summed E-state index contributed by atoms with van der Waals surface area (Å²) in [5, 5.41) is 17.2. The Kier molecular flexibility index (Phi) is 6.18. The molecular weight excluding hydrogens is 452 g/mol. The maximum absolute atomic E-state index is 13.0. The highest BCUT2D eigenvalue weighted by Gasteiger charge is 2.34. The molecule has 2 aromatic carbocycles. The van der Waals surface area contributed by atoms with Gasteiger partial charge in [-0.2, -0.15) is 0 Å². The number of hydrogen-bond acceptors (Lipinski definition) is 5. The van der Waals surface area contributed by atoms with Gasteiger partial charge in [-0.25, -0.2) is 18.4 Å². The van der Waals surface area contributed by atoms with E-state index in [0.717, 1.165) is 30.1 Å². The molecule has 3 N–H and O–H groups in total. The van der Waals surface area contributed by atoms with Crippen LogP contribution < -0.4 is 10.5 Å². The first kappa shape index (κ1) is 22.3. The van der Waals surface area contributed by atoms with Crippen LogP contribution in [-0.2, 0) is 16.6 Å². The first-order chi connectivity index (χ1) is 15.2. The highest BCUT2D eigenvalue weighted by atomic mass is 35.5. The van der Waals surface area contributed by atoms with Gasteiger partial charge in [0.2, 0.25) is 10.0 Å². The summed E-state index contributed by atoms with van der Waals surface area (Å²) in [4.78, 5) is 14.7. The number of primary sulfonamides is 1. The molecule has 9 nitrogen and oxygen atoms in total. The van der Waals surface area contributed by atoms with Crippen LogP contribution in [-0.4, -0.2) is 40.7 Å². The Hall–Kier alpha value is -2.95. The van der Waals surface area contributed by atoms with Gasteiger partial charge in [-0.15, -0.1) is 10.2 Å². The van der Waals surface area contributed by atoms with Crippen molar-refractivity contribution < 1.29 is 13.2 Å². The van der Waals surface area contributed by atoms with E-state index in [-0.39, 0.29) is 17.0 Å². The molecule has 1 aliphatic rings. The summed E-state index contributed by atoms with van der Waals surface area (Å²) in [6.07, 6.45) is 1.62. The minimum absolute atomic E-state index is 0.0136. The van der Waals surface area contributed by atoms with Crippen molar-refractivity contribution in [3.8, 4) is 0 Å². The van der Waals surface area contributed by atoms with Crippen molar-refractivity contribution in [2.45, 2.75) is 37.2 Å². The Balaban J connectivity index is 1.52. The Morgan fingerprint density at radius 2 is 1.84 bits per heavy atom. The third kappa shape index (κ3) is 4.77. The number of nitrogens with zero attached hydrogens (tertiary/aromatic N) is 4. The van der Waals surface area contributed by atoms with Crippen LogP contribution in [0.15, 0.2) is 53.4 Å². The number of likely N-dealkylation sites (tertiary alicyclic amines) is 1. The SMILES string of the molecule is Cc1nnc([C@H]2CCCN2C(=O)Nc2ccc(S(N)(=O)=O)cc2)n1Cc1ccc(Cl)cc1. The van der Waals surface area contributed by atoms with Crippen LogP contribution >= 0.6 is 11.6 Å². The molecule has 11 heteroatoms. The molecule has 0 saturated carbocycles. The lowest BCUT2D eigenvalue weighted by Crippen LogP contribution is -2.35. The fourth-order valence-electron chi connectivity index (χ4n) is 3.81. The van der Waals surface area contributed by atoms with Gasteiger partial charge in [-0.05, 0) is 61.7 Å². The molecule has 1 aliphatic heterocycles. The van der Waals surface area contributed by atoms with Gasteiger partial charge in [0.25, 0.3) is 0 Å². The molecule has 168 valence electrons. The standard InChI is InChI=1S/C21H23ClN6O3S/c1-14-25-26-20(28(14)13-15-4-6-16(22)7-5-15)19-3-2-12-27(19)21(29)24-17-8-10-18(11-9-17)32(23,30)31/h4-11,19H,2-3,12-13H2,1H3,(H,24,29)(H2,23,30,31)/t19-/m1/s1. The van der Waals surface area contributed by atoms with Gasteiger partial charge < -0.3 is 14.8 Å². The number of aryl methyl sites for hydroxylation is 1. The number of carbonyl (C=O) groups excluding carboxylic acids is 1.